The molecule has 1 aromatic carbocycles. The molecule has 0 unspecified atom stereocenters. The fourth-order valence-electron chi connectivity index (χ4n) is 2.59. The van der Waals surface area contributed by atoms with Crippen LogP contribution in [0.25, 0.3) is 0 Å². The number of guanidine groups is 1. The molecule has 136 valence electrons. The maximum absolute atomic E-state index is 10.5. The Balaban J connectivity index is 0.00000288. The molecule has 7 heteroatoms. The molecular weight excluding hydrogens is 441 g/mol. The van der Waals surface area contributed by atoms with E-state index in [0.717, 1.165) is 23.1 Å². The lowest BCUT2D eigenvalue weighted by molar-refractivity contribution is -0.0566. The zero-order chi connectivity index (χ0) is 16.7. The molecule has 5 nitrogen and oxygen atoms in total. The molecule has 1 aliphatic heterocycles. The summed E-state index contributed by atoms with van der Waals surface area (Å²) in [6.07, 6.45) is 1.27. The zero-order valence-corrected chi connectivity index (χ0v) is 17.4. The number of nitrogens with zero attached hydrogens (tertiary/aromatic N) is 2. The third kappa shape index (κ3) is 6.74. The highest BCUT2D eigenvalue weighted by atomic mass is 127. The van der Waals surface area contributed by atoms with Gasteiger partial charge in [0.1, 0.15) is 0 Å². The Labute approximate surface area is 166 Å². The monoisotopic (exact) mass is 467 g/mol. The number of rotatable bonds is 5. The van der Waals surface area contributed by atoms with Crippen LogP contribution in [0.3, 0.4) is 0 Å². The number of halogens is 2. The summed E-state index contributed by atoms with van der Waals surface area (Å²) in [7, 11) is 1.98. The Morgan fingerprint density at radius 3 is 2.75 bits per heavy atom. The molecule has 0 saturated carbocycles. The van der Waals surface area contributed by atoms with Crippen molar-refractivity contribution in [1.29, 1.82) is 0 Å². The van der Waals surface area contributed by atoms with Crippen LogP contribution in [-0.4, -0.2) is 54.9 Å². The predicted molar refractivity (Wildman–Crippen MR) is 109 cm³/mol. The van der Waals surface area contributed by atoms with E-state index in [4.69, 9.17) is 16.3 Å². The van der Waals surface area contributed by atoms with E-state index < -0.39 is 5.60 Å². The topological polar surface area (TPSA) is 57.1 Å². The normalized spacial score (nSPS) is 17.1. The van der Waals surface area contributed by atoms with Gasteiger partial charge in [0, 0.05) is 51.2 Å². The molecule has 1 aliphatic rings. The second kappa shape index (κ2) is 10.4. The summed E-state index contributed by atoms with van der Waals surface area (Å²) in [6.45, 7) is 5.10. The van der Waals surface area contributed by atoms with Crippen molar-refractivity contribution in [3.8, 4) is 0 Å². The van der Waals surface area contributed by atoms with Crippen LogP contribution >= 0.6 is 35.6 Å². The van der Waals surface area contributed by atoms with Crippen molar-refractivity contribution in [3.05, 3.63) is 34.9 Å². The summed E-state index contributed by atoms with van der Waals surface area (Å²) < 4.78 is 5.31. The van der Waals surface area contributed by atoms with Gasteiger partial charge in [0.25, 0.3) is 0 Å². The first-order valence-electron chi connectivity index (χ1n) is 8.06. The van der Waals surface area contributed by atoms with Gasteiger partial charge >= 0.3 is 0 Å². The lowest BCUT2D eigenvalue weighted by Gasteiger charge is -2.31. The smallest absolute Gasteiger partial charge is 0.194 e. The first-order valence-corrected chi connectivity index (χ1v) is 8.44. The SMILES string of the molecule is CCNC(=NCC1(O)CCOCC1)N(C)Cc1cccc(Cl)c1.I. The molecule has 2 N–H and O–H groups in total. The van der Waals surface area contributed by atoms with Gasteiger partial charge in [-0.05, 0) is 24.6 Å². The van der Waals surface area contributed by atoms with E-state index in [-0.39, 0.29) is 24.0 Å². The zero-order valence-electron chi connectivity index (χ0n) is 14.3. The summed E-state index contributed by atoms with van der Waals surface area (Å²) >= 11 is 6.04. The Bertz CT molecular complexity index is 536. The van der Waals surface area contributed by atoms with Gasteiger partial charge in [0.15, 0.2) is 5.96 Å². The third-order valence-electron chi connectivity index (χ3n) is 3.95. The molecule has 1 aromatic rings. The standard InChI is InChI=1S/C17H26ClN3O2.HI/c1-3-19-16(20-13-17(22)7-9-23-10-8-17)21(2)12-14-5-4-6-15(18)11-14;/h4-6,11,22H,3,7-10,12-13H2,1-2H3,(H,19,20);1H. The summed E-state index contributed by atoms with van der Waals surface area (Å²) in [5.41, 5.74) is 0.367. The lowest BCUT2D eigenvalue weighted by atomic mass is 9.95. The summed E-state index contributed by atoms with van der Waals surface area (Å²) in [4.78, 5) is 6.66. The fourth-order valence-corrected chi connectivity index (χ4v) is 2.80. The van der Waals surface area contributed by atoms with Crippen LogP contribution in [0.4, 0.5) is 0 Å². The molecule has 24 heavy (non-hydrogen) atoms. The minimum atomic E-state index is -0.754. The van der Waals surface area contributed by atoms with Crippen LogP contribution in [-0.2, 0) is 11.3 Å². The van der Waals surface area contributed by atoms with E-state index in [0.29, 0.717) is 39.1 Å². The molecule has 0 aromatic heterocycles. The number of hydrogen-bond donors (Lipinski definition) is 2. The van der Waals surface area contributed by atoms with E-state index in [9.17, 15) is 5.11 Å². The first kappa shape index (κ1) is 21.5. The summed E-state index contributed by atoms with van der Waals surface area (Å²) in [5.74, 6) is 0.785. The van der Waals surface area contributed by atoms with Crippen molar-refractivity contribution in [3.63, 3.8) is 0 Å². The molecule has 0 radical (unpaired) electrons. The average Bonchev–Trinajstić information content (AvgIpc) is 2.52. The minimum Gasteiger partial charge on any atom is -0.388 e. The predicted octanol–water partition coefficient (Wildman–Crippen LogP) is 2.90. The number of aliphatic imine (C=N–C) groups is 1. The quantitative estimate of drug-likeness (QED) is 0.397. The van der Waals surface area contributed by atoms with Crippen LogP contribution in [0, 0.1) is 0 Å². The number of benzene rings is 1. The molecule has 1 fully saturated rings. The molecule has 0 atom stereocenters. The lowest BCUT2D eigenvalue weighted by Crippen LogP contribution is -2.43. The van der Waals surface area contributed by atoms with Crippen LogP contribution in [0.15, 0.2) is 29.3 Å². The number of nitrogens with one attached hydrogen (secondary N) is 1. The molecule has 0 bridgehead atoms. The maximum Gasteiger partial charge on any atom is 0.194 e. The molecule has 2 rings (SSSR count). The van der Waals surface area contributed by atoms with E-state index in [1.807, 2.05) is 43.1 Å². The molecule has 0 amide bonds. The molecular formula is C17H27ClIN3O2. The average molecular weight is 468 g/mol. The van der Waals surface area contributed by atoms with Gasteiger partial charge in [-0.1, -0.05) is 23.7 Å². The van der Waals surface area contributed by atoms with E-state index in [2.05, 4.69) is 10.3 Å². The summed E-state index contributed by atoms with van der Waals surface area (Å²) in [6, 6.07) is 7.80. The van der Waals surface area contributed by atoms with Gasteiger partial charge in [-0.15, -0.1) is 24.0 Å². The first-order chi connectivity index (χ1) is 11.0. The van der Waals surface area contributed by atoms with Gasteiger partial charge in [-0.2, -0.15) is 0 Å². The van der Waals surface area contributed by atoms with Crippen molar-refractivity contribution in [2.45, 2.75) is 31.9 Å². The van der Waals surface area contributed by atoms with Gasteiger partial charge in [-0.3, -0.25) is 4.99 Å². The Morgan fingerprint density at radius 2 is 2.12 bits per heavy atom. The highest BCUT2D eigenvalue weighted by Gasteiger charge is 2.29. The third-order valence-corrected chi connectivity index (χ3v) is 4.19. The van der Waals surface area contributed by atoms with Crippen LogP contribution in [0.1, 0.15) is 25.3 Å². The van der Waals surface area contributed by atoms with Crippen molar-refractivity contribution >= 4 is 41.5 Å². The van der Waals surface area contributed by atoms with Crippen molar-refractivity contribution < 1.29 is 9.84 Å². The molecule has 0 aliphatic carbocycles. The van der Waals surface area contributed by atoms with Crippen molar-refractivity contribution in [1.82, 2.24) is 10.2 Å². The van der Waals surface area contributed by atoms with Gasteiger partial charge in [0.05, 0.1) is 12.1 Å². The fraction of sp³-hybridized carbons (Fsp3) is 0.588. The second-order valence-corrected chi connectivity index (χ2v) is 6.43. The van der Waals surface area contributed by atoms with Gasteiger partial charge in [-0.25, -0.2) is 0 Å². The van der Waals surface area contributed by atoms with Crippen molar-refractivity contribution in [2.75, 3.05) is 33.4 Å². The van der Waals surface area contributed by atoms with Gasteiger partial charge in [0.2, 0.25) is 0 Å². The number of ether oxygens (including phenoxy) is 1. The van der Waals surface area contributed by atoms with Crippen LogP contribution < -0.4 is 5.32 Å². The Hall–Kier alpha value is -0.570. The highest BCUT2D eigenvalue weighted by molar-refractivity contribution is 14.0. The van der Waals surface area contributed by atoms with E-state index >= 15 is 0 Å². The maximum atomic E-state index is 10.5. The summed E-state index contributed by atoms with van der Waals surface area (Å²) in [5, 5.41) is 14.6. The van der Waals surface area contributed by atoms with E-state index in [1.165, 1.54) is 0 Å². The van der Waals surface area contributed by atoms with Crippen molar-refractivity contribution in [2.24, 2.45) is 4.99 Å². The number of hydrogen-bond acceptors (Lipinski definition) is 3. The Morgan fingerprint density at radius 1 is 1.42 bits per heavy atom. The largest absolute Gasteiger partial charge is 0.388 e. The highest BCUT2D eigenvalue weighted by Crippen LogP contribution is 2.20. The number of aliphatic hydroxyl groups is 1. The van der Waals surface area contributed by atoms with Crippen LogP contribution in [0.5, 0.6) is 0 Å². The Kier molecular flexibility index (Phi) is 9.33. The minimum absolute atomic E-state index is 0. The molecule has 1 saturated heterocycles. The molecule has 0 spiro atoms. The van der Waals surface area contributed by atoms with Crippen LogP contribution in [0.2, 0.25) is 5.02 Å². The molecule has 1 heterocycles. The van der Waals surface area contributed by atoms with Gasteiger partial charge < -0.3 is 20.1 Å². The van der Waals surface area contributed by atoms with E-state index in [1.54, 1.807) is 0 Å². The second-order valence-electron chi connectivity index (χ2n) is 5.99.